The Kier molecular flexibility index (Phi) is 8.22. The molecule has 2 amide bonds. The standard InChI is InChI=1S/C14H27N3O3/c1-3-4-11-20-12-5-6-15-13(18)14(19)17-9-7-16(2)8-10-17/h3-12H2,1-2H3,(H,15,18). The molecule has 0 spiro atoms. The van der Waals surface area contributed by atoms with Gasteiger partial charge in [0.2, 0.25) is 0 Å². The summed E-state index contributed by atoms with van der Waals surface area (Å²) in [7, 11) is 2.01. The van der Waals surface area contributed by atoms with Gasteiger partial charge in [-0.15, -0.1) is 0 Å². The maximum Gasteiger partial charge on any atom is 0.311 e. The molecule has 1 aliphatic rings. The van der Waals surface area contributed by atoms with E-state index >= 15 is 0 Å². The van der Waals surface area contributed by atoms with Crippen LogP contribution in [0.15, 0.2) is 0 Å². The van der Waals surface area contributed by atoms with Crippen LogP contribution in [0.25, 0.3) is 0 Å². The number of likely N-dealkylation sites (N-methyl/N-ethyl adjacent to an activating group) is 1. The lowest BCUT2D eigenvalue weighted by atomic mass is 10.3. The predicted molar refractivity (Wildman–Crippen MR) is 77.4 cm³/mol. The van der Waals surface area contributed by atoms with Crippen molar-refractivity contribution in [2.24, 2.45) is 0 Å². The normalized spacial score (nSPS) is 16.2. The lowest BCUT2D eigenvalue weighted by Crippen LogP contribution is -2.51. The molecule has 0 aromatic heterocycles. The van der Waals surface area contributed by atoms with Crippen LogP contribution in [0.2, 0.25) is 0 Å². The number of nitrogens with zero attached hydrogens (tertiary/aromatic N) is 2. The molecule has 6 heteroatoms. The summed E-state index contributed by atoms with van der Waals surface area (Å²) in [4.78, 5) is 27.3. The third kappa shape index (κ3) is 6.34. The van der Waals surface area contributed by atoms with Crippen LogP contribution in [0.1, 0.15) is 26.2 Å². The molecule has 0 unspecified atom stereocenters. The molecular weight excluding hydrogens is 258 g/mol. The van der Waals surface area contributed by atoms with Crippen molar-refractivity contribution in [1.82, 2.24) is 15.1 Å². The summed E-state index contributed by atoms with van der Waals surface area (Å²) in [5.74, 6) is -0.909. The lowest BCUT2D eigenvalue weighted by Gasteiger charge is -2.31. The van der Waals surface area contributed by atoms with Gasteiger partial charge >= 0.3 is 11.8 Å². The highest BCUT2D eigenvalue weighted by Crippen LogP contribution is 1.99. The van der Waals surface area contributed by atoms with Gasteiger partial charge in [0.15, 0.2) is 0 Å². The maximum absolute atomic E-state index is 11.9. The highest BCUT2D eigenvalue weighted by Gasteiger charge is 2.24. The van der Waals surface area contributed by atoms with Gasteiger partial charge in [-0.1, -0.05) is 13.3 Å². The van der Waals surface area contributed by atoms with Gasteiger partial charge in [0, 0.05) is 45.9 Å². The van der Waals surface area contributed by atoms with Crippen LogP contribution in [0.5, 0.6) is 0 Å². The number of hydrogen-bond acceptors (Lipinski definition) is 4. The third-order valence-electron chi connectivity index (χ3n) is 3.38. The molecule has 20 heavy (non-hydrogen) atoms. The number of amides is 2. The molecule has 6 nitrogen and oxygen atoms in total. The fourth-order valence-electron chi connectivity index (χ4n) is 1.95. The number of ether oxygens (including phenoxy) is 1. The lowest BCUT2D eigenvalue weighted by molar-refractivity contribution is -0.146. The Morgan fingerprint density at radius 2 is 1.75 bits per heavy atom. The first-order chi connectivity index (χ1) is 9.65. The molecule has 0 aromatic carbocycles. The van der Waals surface area contributed by atoms with Crippen LogP contribution >= 0.6 is 0 Å². The summed E-state index contributed by atoms with van der Waals surface area (Å²) < 4.78 is 5.39. The summed E-state index contributed by atoms with van der Waals surface area (Å²) in [6.07, 6.45) is 2.93. The molecule has 0 saturated carbocycles. The molecule has 116 valence electrons. The maximum atomic E-state index is 11.9. The number of carbonyl (C=O) groups is 2. The van der Waals surface area contributed by atoms with E-state index in [4.69, 9.17) is 4.74 Å². The number of hydrogen-bond donors (Lipinski definition) is 1. The molecule has 0 radical (unpaired) electrons. The van der Waals surface area contributed by atoms with E-state index in [1.54, 1.807) is 4.90 Å². The zero-order valence-corrected chi connectivity index (χ0v) is 12.7. The van der Waals surface area contributed by atoms with Crippen molar-refractivity contribution in [1.29, 1.82) is 0 Å². The zero-order valence-electron chi connectivity index (χ0n) is 12.7. The van der Waals surface area contributed by atoms with Crippen molar-refractivity contribution in [3.63, 3.8) is 0 Å². The SMILES string of the molecule is CCCCOCCCNC(=O)C(=O)N1CCN(C)CC1. The Bertz CT molecular complexity index is 302. The first kappa shape index (κ1) is 16.9. The highest BCUT2D eigenvalue weighted by molar-refractivity contribution is 6.35. The molecule has 0 aliphatic carbocycles. The van der Waals surface area contributed by atoms with Crippen LogP contribution in [0.4, 0.5) is 0 Å². The first-order valence-corrected chi connectivity index (χ1v) is 7.48. The number of piperazine rings is 1. The van der Waals surface area contributed by atoms with E-state index in [-0.39, 0.29) is 0 Å². The van der Waals surface area contributed by atoms with Crippen molar-refractivity contribution in [2.45, 2.75) is 26.2 Å². The van der Waals surface area contributed by atoms with Crippen molar-refractivity contribution in [3.05, 3.63) is 0 Å². The van der Waals surface area contributed by atoms with Crippen molar-refractivity contribution in [3.8, 4) is 0 Å². The van der Waals surface area contributed by atoms with Crippen molar-refractivity contribution >= 4 is 11.8 Å². The fourth-order valence-corrected chi connectivity index (χ4v) is 1.95. The fraction of sp³-hybridized carbons (Fsp3) is 0.857. The van der Waals surface area contributed by atoms with Crippen molar-refractivity contribution in [2.75, 3.05) is 53.0 Å². The van der Waals surface area contributed by atoms with E-state index in [0.29, 0.717) is 26.2 Å². The molecule has 0 bridgehead atoms. The number of nitrogens with one attached hydrogen (secondary N) is 1. The van der Waals surface area contributed by atoms with Gasteiger partial charge in [0.05, 0.1) is 0 Å². The molecular formula is C14H27N3O3. The number of unbranched alkanes of at least 4 members (excludes halogenated alkanes) is 1. The monoisotopic (exact) mass is 285 g/mol. The van der Waals surface area contributed by atoms with Gasteiger partial charge < -0.3 is 19.9 Å². The largest absolute Gasteiger partial charge is 0.381 e. The average Bonchev–Trinajstić information content (AvgIpc) is 2.46. The minimum absolute atomic E-state index is 0.412. The summed E-state index contributed by atoms with van der Waals surface area (Å²) in [5.41, 5.74) is 0. The topological polar surface area (TPSA) is 61.9 Å². The summed E-state index contributed by atoms with van der Waals surface area (Å²) in [6, 6.07) is 0. The molecule has 0 atom stereocenters. The van der Waals surface area contributed by atoms with Crippen LogP contribution in [0.3, 0.4) is 0 Å². The molecule has 1 aliphatic heterocycles. The van der Waals surface area contributed by atoms with E-state index in [1.807, 2.05) is 7.05 Å². The van der Waals surface area contributed by atoms with Gasteiger partial charge in [0.25, 0.3) is 0 Å². The van der Waals surface area contributed by atoms with Crippen LogP contribution in [-0.2, 0) is 14.3 Å². The average molecular weight is 285 g/mol. The molecule has 1 N–H and O–H groups in total. The van der Waals surface area contributed by atoms with E-state index < -0.39 is 11.8 Å². The van der Waals surface area contributed by atoms with Crippen LogP contribution < -0.4 is 5.32 Å². The van der Waals surface area contributed by atoms with Crippen LogP contribution in [0, 0.1) is 0 Å². The second-order valence-electron chi connectivity index (χ2n) is 5.17. The zero-order chi connectivity index (χ0) is 14.8. The van der Waals surface area contributed by atoms with Crippen molar-refractivity contribution < 1.29 is 14.3 Å². The minimum Gasteiger partial charge on any atom is -0.381 e. The van der Waals surface area contributed by atoms with Crippen LogP contribution in [-0.4, -0.2) is 74.6 Å². The summed E-state index contributed by atoms with van der Waals surface area (Å²) >= 11 is 0. The summed E-state index contributed by atoms with van der Waals surface area (Å²) in [6.45, 7) is 6.91. The van der Waals surface area contributed by atoms with E-state index in [9.17, 15) is 9.59 Å². The first-order valence-electron chi connectivity index (χ1n) is 7.48. The van der Waals surface area contributed by atoms with E-state index in [0.717, 1.165) is 39.0 Å². The third-order valence-corrected chi connectivity index (χ3v) is 3.38. The molecule has 1 rings (SSSR count). The minimum atomic E-state index is -0.497. The quantitative estimate of drug-likeness (QED) is 0.532. The second kappa shape index (κ2) is 9.72. The molecule has 1 fully saturated rings. The Labute approximate surface area is 121 Å². The predicted octanol–water partition coefficient (Wildman–Crippen LogP) is 0.0834. The highest BCUT2D eigenvalue weighted by atomic mass is 16.5. The Balaban J connectivity index is 2.08. The molecule has 0 aromatic rings. The van der Waals surface area contributed by atoms with Gasteiger partial charge in [-0.2, -0.15) is 0 Å². The van der Waals surface area contributed by atoms with E-state index in [2.05, 4.69) is 17.1 Å². The van der Waals surface area contributed by atoms with Gasteiger partial charge in [-0.25, -0.2) is 0 Å². The Morgan fingerprint density at radius 1 is 1.10 bits per heavy atom. The second-order valence-corrected chi connectivity index (χ2v) is 5.17. The summed E-state index contributed by atoms with van der Waals surface area (Å²) in [5, 5.41) is 2.66. The Morgan fingerprint density at radius 3 is 2.40 bits per heavy atom. The van der Waals surface area contributed by atoms with Gasteiger partial charge in [-0.3, -0.25) is 9.59 Å². The Hall–Kier alpha value is -1.14. The smallest absolute Gasteiger partial charge is 0.311 e. The molecule has 1 heterocycles. The number of carbonyl (C=O) groups excluding carboxylic acids is 2. The molecule has 1 saturated heterocycles. The number of rotatable bonds is 7. The van der Waals surface area contributed by atoms with Gasteiger partial charge in [-0.05, 0) is 19.9 Å². The van der Waals surface area contributed by atoms with E-state index in [1.165, 1.54) is 0 Å². The van der Waals surface area contributed by atoms with Gasteiger partial charge in [0.1, 0.15) is 0 Å².